The van der Waals surface area contributed by atoms with Crippen LogP contribution in [0.15, 0.2) is 23.5 Å². The van der Waals surface area contributed by atoms with E-state index < -0.39 is 0 Å². The van der Waals surface area contributed by atoms with Crippen LogP contribution in [-0.4, -0.2) is 39.1 Å². The third-order valence-electron chi connectivity index (χ3n) is 1.90. The van der Waals surface area contributed by atoms with E-state index in [0.29, 0.717) is 5.57 Å². The molecule has 4 nitrogen and oxygen atoms in total. The second-order valence-corrected chi connectivity index (χ2v) is 3.62. The molecule has 0 unspecified atom stereocenters. The van der Waals surface area contributed by atoms with E-state index in [1.165, 1.54) is 0 Å². The SMILES string of the molecule is C=C(C)/C(C#N)=C(\NC)NCCN(C)C. The van der Waals surface area contributed by atoms with Gasteiger partial charge in [-0.3, -0.25) is 0 Å². The summed E-state index contributed by atoms with van der Waals surface area (Å²) in [5.74, 6) is 0.742. The largest absolute Gasteiger partial charge is 0.374 e. The Kier molecular flexibility index (Phi) is 6.23. The smallest absolute Gasteiger partial charge is 0.117 e. The van der Waals surface area contributed by atoms with Gasteiger partial charge in [0.15, 0.2) is 0 Å². The molecule has 0 aromatic heterocycles. The molecule has 0 radical (unpaired) electrons. The van der Waals surface area contributed by atoms with E-state index in [2.05, 4.69) is 28.2 Å². The minimum atomic E-state index is 0.580. The summed E-state index contributed by atoms with van der Waals surface area (Å²) in [6, 6.07) is 2.13. The molecule has 0 amide bonds. The van der Waals surface area contributed by atoms with Crippen molar-refractivity contribution >= 4 is 0 Å². The van der Waals surface area contributed by atoms with Gasteiger partial charge in [-0.05, 0) is 26.6 Å². The van der Waals surface area contributed by atoms with Crippen molar-refractivity contribution in [2.45, 2.75) is 6.92 Å². The standard InChI is InChI=1S/C11H20N4/c1-9(2)10(8-12)11(13-3)14-6-7-15(4)5/h13-14H,1,6-7H2,2-5H3/b11-10+. The first-order valence-corrected chi connectivity index (χ1v) is 4.89. The number of nitrogens with one attached hydrogen (secondary N) is 2. The Bertz CT molecular complexity index is 283. The molecule has 0 saturated heterocycles. The molecule has 0 fully saturated rings. The van der Waals surface area contributed by atoms with Crippen LogP contribution in [0.1, 0.15) is 6.92 Å². The van der Waals surface area contributed by atoms with Crippen molar-refractivity contribution in [3.63, 3.8) is 0 Å². The van der Waals surface area contributed by atoms with E-state index in [-0.39, 0.29) is 0 Å². The molecular weight excluding hydrogens is 188 g/mol. The van der Waals surface area contributed by atoms with Crippen molar-refractivity contribution in [1.82, 2.24) is 15.5 Å². The van der Waals surface area contributed by atoms with Crippen molar-refractivity contribution in [3.05, 3.63) is 23.5 Å². The van der Waals surface area contributed by atoms with Crippen LogP contribution in [0.5, 0.6) is 0 Å². The number of hydrogen-bond donors (Lipinski definition) is 2. The van der Waals surface area contributed by atoms with Gasteiger partial charge in [0.25, 0.3) is 0 Å². The molecule has 0 spiro atoms. The molecule has 0 aliphatic carbocycles. The first kappa shape index (κ1) is 13.5. The normalized spacial score (nSPS) is 11.7. The van der Waals surface area contributed by atoms with Crippen LogP contribution in [0.25, 0.3) is 0 Å². The van der Waals surface area contributed by atoms with Crippen molar-refractivity contribution in [1.29, 1.82) is 5.26 Å². The minimum Gasteiger partial charge on any atom is -0.374 e. The fourth-order valence-electron chi connectivity index (χ4n) is 1.07. The van der Waals surface area contributed by atoms with Crippen molar-refractivity contribution in [3.8, 4) is 6.07 Å². The highest BCUT2D eigenvalue weighted by Crippen LogP contribution is 2.07. The van der Waals surface area contributed by atoms with E-state index in [0.717, 1.165) is 24.5 Å². The molecule has 0 bridgehead atoms. The Morgan fingerprint density at radius 3 is 2.40 bits per heavy atom. The number of hydrogen-bond acceptors (Lipinski definition) is 4. The van der Waals surface area contributed by atoms with Crippen LogP contribution in [0.2, 0.25) is 0 Å². The molecule has 2 N–H and O–H groups in total. The molecule has 0 heterocycles. The number of likely N-dealkylation sites (N-methyl/N-ethyl adjacent to an activating group) is 1. The highest BCUT2D eigenvalue weighted by Gasteiger charge is 2.05. The Hall–Kier alpha value is -1.47. The number of nitriles is 1. The van der Waals surface area contributed by atoms with Gasteiger partial charge in [0, 0.05) is 20.1 Å². The van der Waals surface area contributed by atoms with Gasteiger partial charge < -0.3 is 15.5 Å². The zero-order valence-corrected chi connectivity index (χ0v) is 10.0. The topological polar surface area (TPSA) is 51.1 Å². The number of allylic oxidation sites excluding steroid dienone is 2. The summed E-state index contributed by atoms with van der Waals surface area (Å²) >= 11 is 0. The van der Waals surface area contributed by atoms with E-state index >= 15 is 0 Å². The zero-order chi connectivity index (χ0) is 11.8. The van der Waals surface area contributed by atoms with Gasteiger partial charge in [0.05, 0.1) is 5.57 Å². The highest BCUT2D eigenvalue weighted by atomic mass is 15.1. The summed E-state index contributed by atoms with van der Waals surface area (Å²) in [5, 5.41) is 15.1. The molecule has 0 aromatic rings. The van der Waals surface area contributed by atoms with Gasteiger partial charge in [0.1, 0.15) is 11.9 Å². The van der Waals surface area contributed by atoms with Gasteiger partial charge in [-0.15, -0.1) is 0 Å². The van der Waals surface area contributed by atoms with Gasteiger partial charge in [-0.2, -0.15) is 5.26 Å². The Labute approximate surface area is 92.3 Å². The van der Waals surface area contributed by atoms with Crippen LogP contribution in [0.4, 0.5) is 0 Å². The first-order valence-electron chi connectivity index (χ1n) is 4.89. The van der Waals surface area contributed by atoms with E-state index in [1.807, 2.05) is 21.0 Å². The lowest BCUT2D eigenvalue weighted by molar-refractivity contribution is 0.406. The van der Waals surface area contributed by atoms with Crippen molar-refractivity contribution in [2.75, 3.05) is 34.2 Å². The summed E-state index contributed by atoms with van der Waals surface area (Å²) in [5.41, 5.74) is 1.34. The van der Waals surface area contributed by atoms with E-state index in [9.17, 15) is 0 Å². The number of nitrogens with zero attached hydrogens (tertiary/aromatic N) is 2. The zero-order valence-electron chi connectivity index (χ0n) is 10.0. The quantitative estimate of drug-likeness (QED) is 0.497. The molecule has 84 valence electrons. The van der Waals surface area contributed by atoms with Crippen LogP contribution >= 0.6 is 0 Å². The number of rotatable bonds is 6. The van der Waals surface area contributed by atoms with Crippen LogP contribution < -0.4 is 10.6 Å². The van der Waals surface area contributed by atoms with Crippen LogP contribution in [0, 0.1) is 11.3 Å². The second kappa shape index (κ2) is 6.91. The average Bonchev–Trinajstić information content (AvgIpc) is 2.15. The summed E-state index contributed by atoms with van der Waals surface area (Å²) in [6.07, 6.45) is 0. The molecule has 0 aliphatic rings. The van der Waals surface area contributed by atoms with Crippen molar-refractivity contribution in [2.24, 2.45) is 0 Å². The Balaban J connectivity index is 4.47. The maximum absolute atomic E-state index is 8.95. The van der Waals surface area contributed by atoms with Crippen LogP contribution in [-0.2, 0) is 0 Å². The fraction of sp³-hybridized carbons (Fsp3) is 0.545. The summed E-state index contributed by atoms with van der Waals surface area (Å²) < 4.78 is 0. The van der Waals surface area contributed by atoms with Gasteiger partial charge in [-0.1, -0.05) is 6.58 Å². The predicted molar refractivity (Wildman–Crippen MR) is 63.1 cm³/mol. The molecule has 15 heavy (non-hydrogen) atoms. The predicted octanol–water partition coefficient (Wildman–Crippen LogP) is 0.668. The molecule has 0 aliphatic heterocycles. The van der Waals surface area contributed by atoms with Gasteiger partial charge in [0.2, 0.25) is 0 Å². The highest BCUT2D eigenvalue weighted by molar-refractivity contribution is 5.41. The molecule has 0 atom stereocenters. The summed E-state index contributed by atoms with van der Waals surface area (Å²) in [7, 11) is 5.81. The molecule has 0 rings (SSSR count). The summed E-state index contributed by atoms with van der Waals surface area (Å²) in [4.78, 5) is 2.08. The second-order valence-electron chi connectivity index (χ2n) is 3.62. The van der Waals surface area contributed by atoms with Crippen molar-refractivity contribution < 1.29 is 0 Å². The Morgan fingerprint density at radius 1 is 1.47 bits per heavy atom. The average molecular weight is 208 g/mol. The fourth-order valence-corrected chi connectivity index (χ4v) is 1.07. The Morgan fingerprint density at radius 2 is 2.07 bits per heavy atom. The monoisotopic (exact) mass is 208 g/mol. The lowest BCUT2D eigenvalue weighted by Crippen LogP contribution is -2.31. The van der Waals surface area contributed by atoms with Crippen LogP contribution in [0.3, 0.4) is 0 Å². The maximum atomic E-state index is 8.95. The minimum absolute atomic E-state index is 0.580. The van der Waals surface area contributed by atoms with Gasteiger partial charge in [-0.25, -0.2) is 0 Å². The lowest BCUT2D eigenvalue weighted by Gasteiger charge is -2.15. The third kappa shape index (κ3) is 5.08. The first-order chi connectivity index (χ1) is 7.02. The van der Waals surface area contributed by atoms with Gasteiger partial charge >= 0.3 is 0 Å². The molecule has 0 saturated carbocycles. The third-order valence-corrected chi connectivity index (χ3v) is 1.90. The van der Waals surface area contributed by atoms with E-state index in [1.54, 1.807) is 7.05 Å². The molecular formula is C11H20N4. The molecule has 4 heteroatoms. The summed E-state index contributed by atoms with van der Waals surface area (Å²) in [6.45, 7) is 7.30. The van der Waals surface area contributed by atoms with E-state index in [4.69, 9.17) is 5.26 Å². The molecule has 0 aromatic carbocycles. The maximum Gasteiger partial charge on any atom is 0.117 e. The lowest BCUT2D eigenvalue weighted by atomic mass is 10.1.